The van der Waals surface area contributed by atoms with Gasteiger partial charge in [-0.05, 0) is 6.08 Å². The van der Waals surface area contributed by atoms with Gasteiger partial charge in [0, 0.05) is 12.6 Å². The van der Waals surface area contributed by atoms with E-state index < -0.39 is 77.7 Å². The van der Waals surface area contributed by atoms with Gasteiger partial charge in [0.1, 0.15) is 54.4 Å². The van der Waals surface area contributed by atoms with Crippen molar-refractivity contribution in [2.75, 3.05) is 18.9 Å². The van der Waals surface area contributed by atoms with E-state index in [1.165, 1.54) is 10.9 Å². The molecule has 4 rings (SSSR count). The molecule has 2 aliphatic heterocycles. The molecule has 232 valence electrons. The van der Waals surface area contributed by atoms with Gasteiger partial charge in [0.05, 0.1) is 19.5 Å². The lowest BCUT2D eigenvalue weighted by Crippen LogP contribution is -2.34. The van der Waals surface area contributed by atoms with E-state index in [0.717, 1.165) is 23.5 Å². The monoisotopic (exact) mass is 638 g/mol. The van der Waals surface area contributed by atoms with E-state index in [9.17, 15) is 29.0 Å². The number of fused-ring (bicyclic) bond motifs is 1. The zero-order chi connectivity index (χ0) is 30.8. The number of aliphatic hydroxyl groups excluding tert-OH is 2. The number of carbonyl (C=O) groups excluding carboxylic acids is 1. The molecule has 8 atom stereocenters. The summed E-state index contributed by atoms with van der Waals surface area (Å²) in [6, 6.07) is 0. The first-order chi connectivity index (χ1) is 19.7. The number of amidine groups is 1. The number of phosphoric ester groups is 2. The van der Waals surface area contributed by atoms with Gasteiger partial charge in [0.2, 0.25) is 6.41 Å². The van der Waals surface area contributed by atoms with Gasteiger partial charge in [-0.25, -0.2) is 24.1 Å². The first-order valence-electron chi connectivity index (χ1n) is 11.9. The molecule has 0 saturated carbocycles. The summed E-state index contributed by atoms with van der Waals surface area (Å²) in [5.41, 5.74) is 11.4. The maximum Gasteiger partial charge on any atom is 0.472 e. The zero-order valence-electron chi connectivity index (χ0n) is 21.3. The van der Waals surface area contributed by atoms with Crippen molar-refractivity contribution in [1.29, 1.82) is 5.41 Å². The lowest BCUT2D eigenvalue weighted by Gasteiger charge is -2.22. The maximum absolute atomic E-state index is 12.8. The lowest BCUT2D eigenvalue weighted by atomic mass is 10.1. The number of nitrogens with two attached hydrogens (primary N) is 2. The molecule has 0 bridgehead atoms. The van der Waals surface area contributed by atoms with Crippen molar-refractivity contribution in [1.82, 2.24) is 24.4 Å². The fourth-order valence-electron chi connectivity index (χ4n) is 4.20. The van der Waals surface area contributed by atoms with Gasteiger partial charge < -0.3 is 45.8 Å². The van der Waals surface area contributed by atoms with E-state index in [1.54, 1.807) is 0 Å². The molecule has 0 aliphatic carbocycles. The highest BCUT2D eigenvalue weighted by Crippen LogP contribution is 2.49. The number of anilines is 1. The van der Waals surface area contributed by atoms with Gasteiger partial charge in [-0.2, -0.15) is 0 Å². The van der Waals surface area contributed by atoms with Crippen LogP contribution in [0.4, 0.5) is 5.82 Å². The van der Waals surface area contributed by atoms with Gasteiger partial charge in [0.15, 0.2) is 17.7 Å². The number of imidazole rings is 1. The van der Waals surface area contributed by atoms with E-state index >= 15 is 0 Å². The number of ether oxygens (including phenoxy) is 2. The van der Waals surface area contributed by atoms with Crippen LogP contribution in [0, 0.1) is 5.41 Å². The van der Waals surface area contributed by atoms with Crippen LogP contribution in [0.3, 0.4) is 0 Å². The van der Waals surface area contributed by atoms with E-state index in [4.69, 9.17) is 45.2 Å². The van der Waals surface area contributed by atoms with Gasteiger partial charge >= 0.3 is 15.6 Å². The number of aliphatic hydroxyl groups is 2. The number of nitrogen functional groups attached to an aromatic ring is 1. The van der Waals surface area contributed by atoms with Crippen LogP contribution < -0.4 is 11.5 Å². The van der Waals surface area contributed by atoms with Crippen LogP contribution in [0.1, 0.15) is 12.6 Å². The summed E-state index contributed by atoms with van der Waals surface area (Å²) in [5, 5.41) is 28.3. The number of hydrogen-bond acceptors (Lipinski definition) is 15. The van der Waals surface area contributed by atoms with E-state index in [2.05, 4.69) is 19.5 Å². The second-order valence-electron chi connectivity index (χ2n) is 9.01. The third kappa shape index (κ3) is 7.53. The summed E-state index contributed by atoms with van der Waals surface area (Å²) in [4.78, 5) is 52.8. The predicted octanol–water partition coefficient (Wildman–Crippen LogP) is -2.34. The smallest absolute Gasteiger partial charge is 0.387 e. The summed E-state index contributed by atoms with van der Waals surface area (Å²) in [5.74, 6) is -0.330. The van der Waals surface area contributed by atoms with Crippen LogP contribution in [0.5, 0.6) is 0 Å². The number of hydrogen-bond donors (Lipinski definition) is 8. The average molecular weight is 638 g/mol. The van der Waals surface area contributed by atoms with Crippen LogP contribution in [-0.4, -0.2) is 112 Å². The molecule has 2 saturated heterocycles. The number of rotatable bonds is 13. The number of amides is 1. The van der Waals surface area contributed by atoms with Gasteiger partial charge in [-0.1, -0.05) is 0 Å². The molecule has 10 N–H and O–H groups in total. The highest BCUT2D eigenvalue weighted by Gasteiger charge is 2.47. The average Bonchev–Trinajstić information content (AvgIpc) is 3.58. The summed E-state index contributed by atoms with van der Waals surface area (Å²) in [7, 11) is -9.99. The topological polar surface area (TPSA) is 321 Å². The minimum absolute atomic E-state index is 0.0683. The minimum Gasteiger partial charge on any atom is -0.387 e. The SMILES string of the molecule is N=C(N)/C=C\N(C=O)[C@H]1C[C@H](OP(=O)(O)OC[C@H]2O[C@@H](n3cnc4c(N)ncnc43)[C@H](O)[C@@H]2O)[C@@H](COP(=O)(O)O)O1. The summed E-state index contributed by atoms with van der Waals surface area (Å²) < 4.78 is 51.1. The molecule has 1 unspecified atom stereocenters. The van der Waals surface area contributed by atoms with Crippen LogP contribution in [0.25, 0.3) is 11.2 Å². The molecule has 2 aliphatic rings. The molecule has 2 aromatic heterocycles. The van der Waals surface area contributed by atoms with Crippen molar-refractivity contribution < 1.29 is 61.9 Å². The van der Waals surface area contributed by atoms with Crippen molar-refractivity contribution >= 4 is 44.9 Å². The summed E-state index contributed by atoms with van der Waals surface area (Å²) in [6.07, 6.45) is -5.10. The molecule has 2 aromatic rings. The van der Waals surface area contributed by atoms with Crippen molar-refractivity contribution in [2.45, 2.75) is 49.4 Å². The Hall–Kier alpha value is -2.91. The number of nitrogens with zero attached hydrogens (tertiary/aromatic N) is 5. The summed E-state index contributed by atoms with van der Waals surface area (Å²) in [6.45, 7) is -1.56. The van der Waals surface area contributed by atoms with E-state index in [1.807, 2.05) is 0 Å². The first-order valence-corrected chi connectivity index (χ1v) is 14.9. The first kappa shape index (κ1) is 32.0. The quantitative estimate of drug-likeness (QED) is 0.0493. The van der Waals surface area contributed by atoms with Gasteiger partial charge in [-0.3, -0.25) is 33.2 Å². The second-order valence-corrected chi connectivity index (χ2v) is 11.7. The molecule has 21 nitrogen and oxygen atoms in total. The van der Waals surface area contributed by atoms with Crippen molar-refractivity contribution in [2.24, 2.45) is 5.73 Å². The molecule has 0 aromatic carbocycles. The Morgan fingerprint density at radius 3 is 2.52 bits per heavy atom. The van der Waals surface area contributed by atoms with Crippen molar-refractivity contribution in [3.05, 3.63) is 24.9 Å². The van der Waals surface area contributed by atoms with Gasteiger partial charge in [0.25, 0.3) is 0 Å². The Morgan fingerprint density at radius 1 is 1.14 bits per heavy atom. The highest BCUT2D eigenvalue weighted by molar-refractivity contribution is 7.47. The molecule has 0 radical (unpaired) electrons. The Labute approximate surface area is 236 Å². The molecule has 0 spiro atoms. The maximum atomic E-state index is 12.8. The molecular formula is C19H28N8O13P2. The number of phosphoric acid groups is 2. The number of aromatic nitrogens is 4. The predicted molar refractivity (Wildman–Crippen MR) is 137 cm³/mol. The van der Waals surface area contributed by atoms with Gasteiger partial charge in [-0.15, -0.1) is 0 Å². The Morgan fingerprint density at radius 2 is 1.86 bits per heavy atom. The van der Waals surface area contributed by atoms with Crippen LogP contribution in [0.15, 0.2) is 24.9 Å². The third-order valence-corrected chi connectivity index (χ3v) is 7.63. The highest BCUT2D eigenvalue weighted by atomic mass is 31.2. The molecule has 4 heterocycles. The van der Waals surface area contributed by atoms with Crippen molar-refractivity contribution in [3.8, 4) is 0 Å². The Balaban J connectivity index is 1.42. The molecular weight excluding hydrogens is 610 g/mol. The van der Waals surface area contributed by atoms with Crippen molar-refractivity contribution in [3.63, 3.8) is 0 Å². The second kappa shape index (κ2) is 12.8. The fraction of sp³-hybridized carbons (Fsp3) is 0.526. The third-order valence-electron chi connectivity index (χ3n) is 6.14. The standard InChI is InChI=1S/C19H28N8O13P2/c20-12(21)1-2-26(8-28)13-3-9(10(38-13)4-36-41(31,32)33)40-42(34,35)37-5-11-15(29)16(30)19(39-11)27-7-25-14-17(22)23-6-24-18(14)27/h1-2,6-11,13,15-16,19,29-30H,3-5H2,(H3,20,21)(H,34,35)(H2,22,23,24)(H2,31,32,33)/b2-1-/t9-,10+,11+,13+,15+,16+,19+/m0/s1. The molecule has 1 amide bonds. The normalized spacial score (nSPS) is 29.7. The van der Waals surface area contributed by atoms with Crippen LogP contribution in [-0.2, 0) is 37.0 Å². The molecule has 42 heavy (non-hydrogen) atoms. The largest absolute Gasteiger partial charge is 0.472 e. The summed E-state index contributed by atoms with van der Waals surface area (Å²) >= 11 is 0. The number of nitrogens with one attached hydrogen (secondary N) is 1. The minimum atomic E-state index is -5.00. The lowest BCUT2D eigenvalue weighted by molar-refractivity contribution is -0.127. The van der Waals surface area contributed by atoms with Crippen LogP contribution >= 0.6 is 15.6 Å². The fourth-order valence-corrected chi connectivity index (χ4v) is 5.50. The zero-order valence-corrected chi connectivity index (χ0v) is 23.1. The Bertz CT molecular complexity index is 1420. The van der Waals surface area contributed by atoms with E-state index in [0.29, 0.717) is 6.41 Å². The Kier molecular flexibility index (Phi) is 9.72. The van der Waals surface area contributed by atoms with E-state index in [-0.39, 0.29) is 23.4 Å². The van der Waals surface area contributed by atoms with Crippen LogP contribution in [0.2, 0.25) is 0 Å². The molecule has 2 fully saturated rings. The number of carbonyl (C=O) groups is 1. The molecule has 23 heteroatoms.